The maximum absolute atomic E-state index is 12.0. The zero-order valence-electron chi connectivity index (χ0n) is 11.6. The summed E-state index contributed by atoms with van der Waals surface area (Å²) in [6.45, 7) is 4.92. The lowest BCUT2D eigenvalue weighted by molar-refractivity contribution is 0.0753. The molecule has 3 nitrogen and oxygen atoms in total. The Morgan fingerprint density at radius 1 is 1.21 bits per heavy atom. The first-order chi connectivity index (χ1) is 9.08. The van der Waals surface area contributed by atoms with Gasteiger partial charge >= 0.3 is 0 Å². The smallest absolute Gasteiger partial charge is 0.289 e. The molecule has 2 rings (SSSR count). The first kappa shape index (κ1) is 13.4. The topological polar surface area (TPSA) is 33.5 Å². The van der Waals surface area contributed by atoms with Gasteiger partial charge in [0.1, 0.15) is 0 Å². The van der Waals surface area contributed by atoms with Crippen molar-refractivity contribution >= 4 is 5.91 Å². The number of furan rings is 1. The summed E-state index contributed by atoms with van der Waals surface area (Å²) in [6, 6.07) is 11.8. The predicted molar refractivity (Wildman–Crippen MR) is 75.0 cm³/mol. The second-order valence-electron chi connectivity index (χ2n) is 5.03. The van der Waals surface area contributed by atoms with E-state index in [4.69, 9.17) is 4.42 Å². The summed E-state index contributed by atoms with van der Waals surface area (Å²) >= 11 is 0. The molecule has 0 spiro atoms. The van der Waals surface area contributed by atoms with Gasteiger partial charge in [-0.2, -0.15) is 0 Å². The van der Waals surface area contributed by atoms with Gasteiger partial charge in [-0.25, -0.2) is 0 Å². The lowest BCUT2D eigenvalue weighted by Crippen LogP contribution is -2.25. The Morgan fingerprint density at radius 2 is 1.89 bits per heavy atom. The Kier molecular flexibility index (Phi) is 4.05. The fourth-order valence-corrected chi connectivity index (χ4v) is 1.94. The molecule has 0 aliphatic carbocycles. The highest BCUT2D eigenvalue weighted by atomic mass is 16.3. The zero-order chi connectivity index (χ0) is 13.8. The Hall–Kier alpha value is -2.03. The Labute approximate surface area is 113 Å². The van der Waals surface area contributed by atoms with E-state index in [2.05, 4.69) is 38.1 Å². The van der Waals surface area contributed by atoms with Crippen LogP contribution in [0.15, 0.2) is 47.1 Å². The quantitative estimate of drug-likeness (QED) is 0.837. The lowest BCUT2D eigenvalue weighted by Gasteiger charge is -2.16. The molecule has 1 aromatic heterocycles. The zero-order valence-corrected chi connectivity index (χ0v) is 11.6. The Balaban J connectivity index is 2.02. The molecule has 0 aliphatic rings. The average Bonchev–Trinajstić information content (AvgIpc) is 2.92. The Morgan fingerprint density at radius 3 is 2.42 bits per heavy atom. The SMILES string of the molecule is CC(C)c1ccc(CN(C)C(=O)c2ccco2)cc1. The van der Waals surface area contributed by atoms with Crippen LogP contribution in [0.3, 0.4) is 0 Å². The minimum Gasteiger partial charge on any atom is -0.459 e. The van der Waals surface area contributed by atoms with Crippen LogP contribution in [0.1, 0.15) is 41.4 Å². The Bertz CT molecular complexity index is 526. The van der Waals surface area contributed by atoms with Gasteiger partial charge in [0, 0.05) is 13.6 Å². The number of rotatable bonds is 4. The van der Waals surface area contributed by atoms with E-state index in [-0.39, 0.29) is 5.91 Å². The van der Waals surface area contributed by atoms with E-state index in [0.717, 1.165) is 5.56 Å². The normalized spacial score (nSPS) is 10.7. The molecule has 0 saturated heterocycles. The third kappa shape index (κ3) is 3.25. The molecule has 0 unspecified atom stereocenters. The van der Waals surface area contributed by atoms with Gasteiger partial charge in [0.25, 0.3) is 5.91 Å². The summed E-state index contributed by atoms with van der Waals surface area (Å²) in [7, 11) is 1.78. The van der Waals surface area contributed by atoms with Crippen molar-refractivity contribution in [3.63, 3.8) is 0 Å². The van der Waals surface area contributed by atoms with Crippen LogP contribution >= 0.6 is 0 Å². The fraction of sp³-hybridized carbons (Fsp3) is 0.312. The van der Waals surface area contributed by atoms with Gasteiger partial charge in [-0.3, -0.25) is 4.79 Å². The highest BCUT2D eigenvalue weighted by Crippen LogP contribution is 2.16. The largest absolute Gasteiger partial charge is 0.459 e. The molecule has 0 atom stereocenters. The van der Waals surface area contributed by atoms with Crippen LogP contribution in [0.2, 0.25) is 0 Å². The van der Waals surface area contributed by atoms with Gasteiger partial charge in [-0.1, -0.05) is 38.1 Å². The maximum Gasteiger partial charge on any atom is 0.289 e. The number of hydrogen-bond donors (Lipinski definition) is 0. The number of carbonyl (C=O) groups excluding carboxylic acids is 1. The van der Waals surface area contributed by atoms with Gasteiger partial charge in [0.05, 0.1) is 6.26 Å². The third-order valence-corrected chi connectivity index (χ3v) is 3.14. The van der Waals surface area contributed by atoms with Crippen LogP contribution in [0.4, 0.5) is 0 Å². The first-order valence-electron chi connectivity index (χ1n) is 6.45. The number of carbonyl (C=O) groups is 1. The van der Waals surface area contributed by atoms with Crippen LogP contribution in [0.25, 0.3) is 0 Å². The van der Waals surface area contributed by atoms with Crippen molar-refractivity contribution in [3.05, 3.63) is 59.5 Å². The van der Waals surface area contributed by atoms with E-state index in [1.807, 2.05) is 0 Å². The van der Waals surface area contributed by atoms with Crippen molar-refractivity contribution in [1.29, 1.82) is 0 Å². The number of hydrogen-bond acceptors (Lipinski definition) is 2. The number of nitrogens with zero attached hydrogens (tertiary/aromatic N) is 1. The second-order valence-corrected chi connectivity index (χ2v) is 5.03. The molecule has 1 aromatic carbocycles. The van der Waals surface area contributed by atoms with Crippen LogP contribution in [-0.2, 0) is 6.54 Å². The molecule has 100 valence electrons. The van der Waals surface area contributed by atoms with E-state index >= 15 is 0 Å². The number of benzene rings is 1. The van der Waals surface area contributed by atoms with Gasteiger partial charge in [-0.15, -0.1) is 0 Å². The van der Waals surface area contributed by atoms with E-state index in [1.165, 1.54) is 11.8 Å². The highest BCUT2D eigenvalue weighted by molar-refractivity contribution is 5.91. The van der Waals surface area contributed by atoms with Crippen LogP contribution in [0, 0.1) is 0 Å². The van der Waals surface area contributed by atoms with E-state index in [0.29, 0.717) is 18.2 Å². The van der Waals surface area contributed by atoms with Gasteiger partial charge in [0.2, 0.25) is 0 Å². The van der Waals surface area contributed by atoms with Crippen molar-refractivity contribution < 1.29 is 9.21 Å². The van der Waals surface area contributed by atoms with Crippen LogP contribution in [-0.4, -0.2) is 17.9 Å². The van der Waals surface area contributed by atoms with Crippen molar-refractivity contribution in [3.8, 4) is 0 Å². The van der Waals surface area contributed by atoms with E-state index < -0.39 is 0 Å². The van der Waals surface area contributed by atoms with Crippen molar-refractivity contribution in [2.45, 2.75) is 26.3 Å². The van der Waals surface area contributed by atoms with Crippen LogP contribution in [0.5, 0.6) is 0 Å². The standard InChI is InChI=1S/C16H19NO2/c1-12(2)14-8-6-13(7-9-14)11-17(3)16(18)15-5-4-10-19-15/h4-10,12H,11H2,1-3H3. The molecule has 19 heavy (non-hydrogen) atoms. The second kappa shape index (κ2) is 5.74. The third-order valence-electron chi connectivity index (χ3n) is 3.14. The molecule has 0 N–H and O–H groups in total. The molecular weight excluding hydrogens is 238 g/mol. The monoisotopic (exact) mass is 257 g/mol. The molecule has 2 aromatic rings. The minimum atomic E-state index is -0.0991. The van der Waals surface area contributed by atoms with Gasteiger partial charge in [0.15, 0.2) is 5.76 Å². The fourth-order valence-electron chi connectivity index (χ4n) is 1.94. The van der Waals surface area contributed by atoms with Crippen molar-refractivity contribution in [2.75, 3.05) is 7.05 Å². The highest BCUT2D eigenvalue weighted by Gasteiger charge is 2.14. The molecular formula is C16H19NO2. The number of amides is 1. The lowest BCUT2D eigenvalue weighted by atomic mass is 10.0. The van der Waals surface area contributed by atoms with E-state index in [9.17, 15) is 4.79 Å². The summed E-state index contributed by atoms with van der Waals surface area (Å²) < 4.78 is 5.11. The molecule has 0 radical (unpaired) electrons. The van der Waals surface area contributed by atoms with Gasteiger partial charge in [-0.05, 0) is 29.2 Å². The summed E-state index contributed by atoms with van der Waals surface area (Å²) in [5, 5.41) is 0. The van der Waals surface area contributed by atoms with Crippen LogP contribution < -0.4 is 0 Å². The van der Waals surface area contributed by atoms with Crippen molar-refractivity contribution in [2.24, 2.45) is 0 Å². The summed E-state index contributed by atoms with van der Waals surface area (Å²) in [6.07, 6.45) is 1.51. The average molecular weight is 257 g/mol. The van der Waals surface area contributed by atoms with E-state index in [1.54, 1.807) is 24.1 Å². The molecule has 0 aliphatic heterocycles. The maximum atomic E-state index is 12.0. The summed E-state index contributed by atoms with van der Waals surface area (Å²) in [4.78, 5) is 13.7. The first-order valence-corrected chi connectivity index (χ1v) is 6.45. The van der Waals surface area contributed by atoms with Crippen molar-refractivity contribution in [1.82, 2.24) is 4.90 Å². The molecule has 1 heterocycles. The summed E-state index contributed by atoms with van der Waals surface area (Å²) in [5.74, 6) is 0.802. The van der Waals surface area contributed by atoms with Gasteiger partial charge < -0.3 is 9.32 Å². The molecule has 0 fully saturated rings. The molecule has 3 heteroatoms. The molecule has 0 saturated carbocycles. The molecule has 1 amide bonds. The summed E-state index contributed by atoms with van der Waals surface area (Å²) in [5.41, 5.74) is 2.43. The predicted octanol–water partition coefficient (Wildman–Crippen LogP) is 3.68. The molecule has 0 bridgehead atoms. The minimum absolute atomic E-state index is 0.0991.